The molecule has 0 atom stereocenters. The number of rotatable bonds is 2. The summed E-state index contributed by atoms with van der Waals surface area (Å²) < 4.78 is 16.3. The third-order valence-electron chi connectivity index (χ3n) is 2.46. The fourth-order valence-corrected chi connectivity index (χ4v) is 2.18. The zero-order chi connectivity index (χ0) is 12.7. The van der Waals surface area contributed by atoms with Crippen LogP contribution < -0.4 is 9.47 Å². The highest BCUT2D eigenvalue weighted by Gasteiger charge is 2.24. The number of halogens is 1. The van der Waals surface area contributed by atoms with Gasteiger partial charge in [-0.25, -0.2) is 4.79 Å². The third-order valence-corrected chi connectivity index (χ3v) is 3.12. The minimum Gasteiger partial charge on any atom is -0.476 e. The molecule has 0 unspecified atom stereocenters. The van der Waals surface area contributed by atoms with E-state index in [-0.39, 0.29) is 12.5 Å². The molecule has 1 aromatic carbocycles. The normalized spacial score (nSPS) is 12.7. The maximum Gasteiger partial charge on any atom is 0.358 e. The number of fused-ring (bicyclic) bond motifs is 1. The van der Waals surface area contributed by atoms with Gasteiger partial charge in [0, 0.05) is 10.5 Å². The number of aromatic nitrogens is 1. The molecule has 6 nitrogen and oxygen atoms in total. The maximum atomic E-state index is 10.8. The molecule has 2 aromatic rings. The first-order valence-electron chi connectivity index (χ1n) is 4.95. The first-order valence-corrected chi connectivity index (χ1v) is 5.74. The van der Waals surface area contributed by atoms with Gasteiger partial charge in [-0.3, -0.25) is 0 Å². The van der Waals surface area contributed by atoms with E-state index in [9.17, 15) is 4.79 Å². The fourth-order valence-electron chi connectivity index (χ4n) is 1.67. The van der Waals surface area contributed by atoms with Crippen molar-refractivity contribution >= 4 is 21.9 Å². The summed E-state index contributed by atoms with van der Waals surface area (Å²) in [6, 6.07) is 4.86. The van der Waals surface area contributed by atoms with E-state index in [1.165, 1.54) is 6.07 Å². The molecule has 1 aromatic heterocycles. The highest BCUT2D eigenvalue weighted by molar-refractivity contribution is 9.10. The second kappa shape index (κ2) is 4.02. The number of carboxylic acids is 1. The van der Waals surface area contributed by atoms with Crippen LogP contribution in [0.3, 0.4) is 0 Å². The molecule has 0 bridgehead atoms. The lowest BCUT2D eigenvalue weighted by molar-refractivity contribution is 0.0686. The molecule has 0 aliphatic carbocycles. The van der Waals surface area contributed by atoms with E-state index < -0.39 is 5.97 Å². The van der Waals surface area contributed by atoms with Crippen LogP contribution in [0.2, 0.25) is 0 Å². The summed E-state index contributed by atoms with van der Waals surface area (Å²) in [6.07, 6.45) is 0. The first-order chi connectivity index (χ1) is 8.66. The van der Waals surface area contributed by atoms with Crippen molar-refractivity contribution < 1.29 is 23.9 Å². The molecule has 1 aliphatic heterocycles. The zero-order valence-electron chi connectivity index (χ0n) is 8.84. The molecule has 18 heavy (non-hydrogen) atoms. The molecule has 0 amide bonds. The molecular weight excluding hydrogens is 306 g/mol. The van der Waals surface area contributed by atoms with Crippen LogP contribution in [-0.2, 0) is 0 Å². The average Bonchev–Trinajstić information content (AvgIpc) is 2.95. The van der Waals surface area contributed by atoms with E-state index in [0.29, 0.717) is 27.3 Å². The van der Waals surface area contributed by atoms with Gasteiger partial charge < -0.3 is 19.1 Å². The van der Waals surface area contributed by atoms with Crippen molar-refractivity contribution in [3.63, 3.8) is 0 Å². The second-order valence-electron chi connectivity index (χ2n) is 3.54. The van der Waals surface area contributed by atoms with Crippen LogP contribution in [-0.4, -0.2) is 23.0 Å². The molecule has 0 saturated heterocycles. The van der Waals surface area contributed by atoms with Crippen molar-refractivity contribution in [3.05, 3.63) is 28.4 Å². The summed E-state index contributed by atoms with van der Waals surface area (Å²) >= 11 is 3.36. The van der Waals surface area contributed by atoms with Crippen LogP contribution in [0.1, 0.15) is 10.5 Å². The van der Waals surface area contributed by atoms with Gasteiger partial charge in [-0.15, -0.1) is 0 Å². The van der Waals surface area contributed by atoms with Crippen molar-refractivity contribution in [3.8, 4) is 22.8 Å². The molecule has 0 saturated carbocycles. The Labute approximate surface area is 109 Å². The van der Waals surface area contributed by atoms with Crippen LogP contribution in [0.4, 0.5) is 0 Å². The summed E-state index contributed by atoms with van der Waals surface area (Å²) in [7, 11) is 0. The van der Waals surface area contributed by atoms with Gasteiger partial charge in [-0.1, -0.05) is 5.16 Å². The molecule has 1 aliphatic rings. The van der Waals surface area contributed by atoms with Gasteiger partial charge in [0.1, 0.15) is 0 Å². The molecule has 2 heterocycles. The number of ether oxygens (including phenoxy) is 2. The third kappa shape index (κ3) is 1.63. The predicted molar refractivity (Wildman–Crippen MR) is 62.7 cm³/mol. The van der Waals surface area contributed by atoms with Crippen LogP contribution in [0.15, 0.2) is 27.2 Å². The molecule has 0 radical (unpaired) electrons. The Bertz CT molecular complexity index is 636. The van der Waals surface area contributed by atoms with Gasteiger partial charge in [0.15, 0.2) is 23.0 Å². The van der Waals surface area contributed by atoms with E-state index in [1.807, 2.05) is 0 Å². The lowest BCUT2D eigenvalue weighted by Crippen LogP contribution is -1.94. The zero-order valence-corrected chi connectivity index (χ0v) is 10.4. The predicted octanol–water partition coefficient (Wildman–Crippen LogP) is 2.53. The van der Waals surface area contributed by atoms with Crippen molar-refractivity contribution in [1.82, 2.24) is 5.16 Å². The van der Waals surface area contributed by atoms with Crippen LogP contribution in [0.25, 0.3) is 11.3 Å². The van der Waals surface area contributed by atoms with Crippen molar-refractivity contribution in [2.45, 2.75) is 0 Å². The SMILES string of the molecule is O=C(O)c1cc(-c2c(Br)ccc3c2OCO3)on1. The van der Waals surface area contributed by atoms with Gasteiger partial charge in [0.05, 0.1) is 5.56 Å². The molecular formula is C11H6BrNO5. The number of hydrogen-bond acceptors (Lipinski definition) is 5. The summed E-state index contributed by atoms with van der Waals surface area (Å²) in [5.74, 6) is 0.256. The minimum atomic E-state index is -1.15. The Hall–Kier alpha value is -2.02. The summed E-state index contributed by atoms with van der Waals surface area (Å²) in [6.45, 7) is 0.124. The summed E-state index contributed by atoms with van der Waals surface area (Å²) in [4.78, 5) is 10.8. The van der Waals surface area contributed by atoms with E-state index in [1.54, 1.807) is 12.1 Å². The Morgan fingerprint density at radius 1 is 1.39 bits per heavy atom. The highest BCUT2D eigenvalue weighted by Crippen LogP contribution is 2.45. The fraction of sp³-hybridized carbons (Fsp3) is 0.0909. The largest absolute Gasteiger partial charge is 0.476 e. The van der Waals surface area contributed by atoms with Crippen molar-refractivity contribution in [2.24, 2.45) is 0 Å². The van der Waals surface area contributed by atoms with E-state index in [4.69, 9.17) is 19.1 Å². The Balaban J connectivity index is 2.16. The van der Waals surface area contributed by atoms with Gasteiger partial charge in [-0.05, 0) is 28.1 Å². The Kier molecular flexibility index (Phi) is 2.48. The Morgan fingerprint density at radius 3 is 2.94 bits per heavy atom. The standard InChI is InChI=1S/C11H6BrNO5/c12-5-1-2-7-10(17-4-16-7)9(5)8-3-6(11(14)15)13-18-8/h1-3H,4H2,(H,14,15). The highest BCUT2D eigenvalue weighted by atomic mass is 79.9. The average molecular weight is 312 g/mol. The topological polar surface area (TPSA) is 81.8 Å². The Morgan fingerprint density at radius 2 is 2.22 bits per heavy atom. The smallest absolute Gasteiger partial charge is 0.358 e. The second-order valence-corrected chi connectivity index (χ2v) is 4.39. The molecule has 0 fully saturated rings. The summed E-state index contributed by atoms with van der Waals surface area (Å²) in [5, 5.41) is 12.3. The number of carboxylic acid groups (broad SMARTS) is 1. The van der Waals surface area contributed by atoms with Crippen molar-refractivity contribution in [1.29, 1.82) is 0 Å². The lowest BCUT2D eigenvalue weighted by atomic mass is 10.1. The van der Waals surface area contributed by atoms with Crippen LogP contribution in [0, 0.1) is 0 Å². The minimum absolute atomic E-state index is 0.124. The molecule has 92 valence electrons. The number of carbonyl (C=O) groups is 1. The molecule has 3 rings (SSSR count). The molecule has 0 spiro atoms. The number of benzene rings is 1. The van der Waals surface area contributed by atoms with Crippen LogP contribution in [0.5, 0.6) is 11.5 Å². The molecule has 1 N–H and O–H groups in total. The first kappa shape index (κ1) is 11.1. The van der Waals surface area contributed by atoms with Crippen molar-refractivity contribution in [2.75, 3.05) is 6.79 Å². The van der Waals surface area contributed by atoms with Gasteiger partial charge in [0.2, 0.25) is 6.79 Å². The molecule has 7 heteroatoms. The van der Waals surface area contributed by atoms with Gasteiger partial charge in [0.25, 0.3) is 0 Å². The van der Waals surface area contributed by atoms with Gasteiger partial charge >= 0.3 is 5.97 Å². The number of hydrogen-bond donors (Lipinski definition) is 1. The lowest BCUT2D eigenvalue weighted by Gasteiger charge is -2.04. The monoisotopic (exact) mass is 311 g/mol. The number of nitrogens with zero attached hydrogens (tertiary/aromatic N) is 1. The number of aromatic carboxylic acids is 1. The van der Waals surface area contributed by atoms with E-state index in [0.717, 1.165) is 0 Å². The van der Waals surface area contributed by atoms with Gasteiger partial charge in [-0.2, -0.15) is 0 Å². The maximum absolute atomic E-state index is 10.8. The van der Waals surface area contributed by atoms with E-state index in [2.05, 4.69) is 21.1 Å². The quantitative estimate of drug-likeness (QED) is 0.917. The summed E-state index contributed by atoms with van der Waals surface area (Å²) in [5.41, 5.74) is 0.429. The van der Waals surface area contributed by atoms with Crippen LogP contribution >= 0.6 is 15.9 Å². The van der Waals surface area contributed by atoms with E-state index >= 15 is 0 Å².